The fourth-order valence-corrected chi connectivity index (χ4v) is 6.20. The van der Waals surface area contributed by atoms with Gasteiger partial charge in [0.2, 0.25) is 5.91 Å². The van der Waals surface area contributed by atoms with E-state index < -0.39 is 12.0 Å². The van der Waals surface area contributed by atoms with Crippen LogP contribution in [0.3, 0.4) is 0 Å². The molecule has 0 spiro atoms. The molecular weight excluding hydrogens is 524 g/mol. The average Bonchev–Trinajstić information content (AvgIpc) is 3.41. The van der Waals surface area contributed by atoms with Gasteiger partial charge >= 0.3 is 5.97 Å². The van der Waals surface area contributed by atoms with Gasteiger partial charge in [-0.05, 0) is 67.8 Å². The molecule has 0 bridgehead atoms. The lowest BCUT2D eigenvalue weighted by Gasteiger charge is -2.25. The number of hydrogen-bond acceptors (Lipinski definition) is 6. The molecule has 0 saturated heterocycles. The van der Waals surface area contributed by atoms with Gasteiger partial charge in [-0.1, -0.05) is 48.6 Å². The lowest BCUT2D eigenvalue weighted by atomic mass is 9.95. The van der Waals surface area contributed by atoms with Crippen molar-refractivity contribution < 1.29 is 14.3 Å². The van der Waals surface area contributed by atoms with Gasteiger partial charge in [0.1, 0.15) is 0 Å². The third kappa shape index (κ3) is 4.84. The van der Waals surface area contributed by atoms with Crippen LogP contribution >= 0.6 is 11.3 Å². The lowest BCUT2D eigenvalue weighted by molar-refractivity contribution is -0.136. The van der Waals surface area contributed by atoms with Gasteiger partial charge in [-0.2, -0.15) is 0 Å². The molecule has 3 heterocycles. The highest BCUT2D eigenvalue weighted by atomic mass is 32.1. The first-order valence-corrected chi connectivity index (χ1v) is 13.8. The molecule has 1 atom stereocenters. The Bertz CT molecular complexity index is 1830. The van der Waals surface area contributed by atoms with Crippen molar-refractivity contribution in [2.24, 2.45) is 4.99 Å². The van der Waals surface area contributed by atoms with Gasteiger partial charge in [-0.15, -0.1) is 0 Å². The van der Waals surface area contributed by atoms with Crippen LogP contribution in [0.4, 0.5) is 5.69 Å². The summed E-state index contributed by atoms with van der Waals surface area (Å²) in [5.41, 5.74) is 6.18. The molecule has 5 rings (SSSR count). The number of methoxy groups -OCH3 is 1. The minimum atomic E-state index is -0.628. The molecule has 40 heavy (non-hydrogen) atoms. The molecule has 0 aliphatic carbocycles. The van der Waals surface area contributed by atoms with Crippen molar-refractivity contribution >= 4 is 35.0 Å². The number of benzene rings is 2. The SMILES string of the molecule is CCC1=C(C(=O)OC)[C@@H](c2ccccc2)n2c(s/c(=C\c3cc(C)n(-c4ccc(NC(C)=O)cc4)c3C)c2=O)=N1. The number of aryl methyl sites for hydroxylation is 1. The summed E-state index contributed by atoms with van der Waals surface area (Å²) in [6.45, 7) is 7.44. The smallest absolute Gasteiger partial charge is 0.338 e. The second-order valence-electron chi connectivity index (χ2n) is 9.59. The van der Waals surface area contributed by atoms with Crippen LogP contribution in [0.1, 0.15) is 48.8 Å². The Labute approximate surface area is 235 Å². The van der Waals surface area contributed by atoms with Crippen molar-refractivity contribution in [3.63, 3.8) is 0 Å². The fourth-order valence-electron chi connectivity index (χ4n) is 5.18. The van der Waals surface area contributed by atoms with Crippen LogP contribution in [0.5, 0.6) is 0 Å². The number of thiazole rings is 1. The zero-order valence-corrected chi connectivity index (χ0v) is 23.8. The number of rotatable bonds is 6. The number of hydrogen-bond donors (Lipinski definition) is 1. The van der Waals surface area contributed by atoms with Gasteiger partial charge in [0.05, 0.1) is 29.0 Å². The summed E-state index contributed by atoms with van der Waals surface area (Å²) in [4.78, 5) is 43.5. The molecule has 1 aliphatic rings. The summed E-state index contributed by atoms with van der Waals surface area (Å²) in [5.74, 6) is -0.610. The third-order valence-electron chi connectivity index (χ3n) is 6.97. The molecule has 204 valence electrons. The Morgan fingerprint density at radius 1 is 1.10 bits per heavy atom. The molecule has 2 aromatic carbocycles. The number of aromatic nitrogens is 2. The van der Waals surface area contributed by atoms with E-state index in [1.807, 2.05) is 87.5 Å². The van der Waals surface area contributed by atoms with Crippen LogP contribution in [0.2, 0.25) is 0 Å². The summed E-state index contributed by atoms with van der Waals surface area (Å²) in [6, 6.07) is 18.5. The van der Waals surface area contributed by atoms with Crippen molar-refractivity contribution in [1.82, 2.24) is 9.13 Å². The van der Waals surface area contributed by atoms with Crippen molar-refractivity contribution in [3.05, 3.63) is 114 Å². The molecule has 4 aromatic rings. The molecule has 0 radical (unpaired) electrons. The maximum Gasteiger partial charge on any atom is 0.338 e. The first-order chi connectivity index (χ1) is 19.2. The summed E-state index contributed by atoms with van der Waals surface area (Å²) >= 11 is 1.32. The number of amides is 1. The second-order valence-corrected chi connectivity index (χ2v) is 10.6. The van der Waals surface area contributed by atoms with E-state index in [1.54, 1.807) is 4.57 Å². The lowest BCUT2D eigenvalue weighted by Crippen LogP contribution is -2.40. The van der Waals surface area contributed by atoms with Crippen LogP contribution in [-0.4, -0.2) is 28.1 Å². The number of carbonyl (C=O) groups excluding carboxylic acids is 2. The van der Waals surface area contributed by atoms with Crippen molar-refractivity contribution in [3.8, 4) is 5.69 Å². The van der Waals surface area contributed by atoms with E-state index in [0.29, 0.717) is 27.0 Å². The van der Waals surface area contributed by atoms with E-state index in [0.717, 1.165) is 33.9 Å². The first kappa shape index (κ1) is 27.1. The number of nitrogens with zero attached hydrogens (tertiary/aromatic N) is 3. The zero-order chi connectivity index (χ0) is 28.6. The Morgan fingerprint density at radius 3 is 2.42 bits per heavy atom. The highest BCUT2D eigenvalue weighted by Gasteiger charge is 2.33. The topological polar surface area (TPSA) is 94.7 Å². The highest BCUT2D eigenvalue weighted by molar-refractivity contribution is 7.07. The van der Waals surface area contributed by atoms with Crippen molar-refractivity contribution in [2.45, 2.75) is 40.2 Å². The van der Waals surface area contributed by atoms with Gasteiger partial charge < -0.3 is 14.6 Å². The Hall–Kier alpha value is -4.50. The monoisotopic (exact) mass is 554 g/mol. The van der Waals surface area contributed by atoms with E-state index in [9.17, 15) is 14.4 Å². The number of fused-ring (bicyclic) bond motifs is 1. The molecule has 1 N–H and O–H groups in total. The Morgan fingerprint density at radius 2 is 1.80 bits per heavy atom. The van der Waals surface area contributed by atoms with Crippen LogP contribution in [-0.2, 0) is 14.3 Å². The van der Waals surface area contributed by atoms with E-state index in [4.69, 9.17) is 9.73 Å². The molecule has 1 amide bonds. The predicted molar refractivity (Wildman–Crippen MR) is 156 cm³/mol. The van der Waals surface area contributed by atoms with Gasteiger partial charge in [0, 0.05) is 29.7 Å². The average molecular weight is 555 g/mol. The van der Waals surface area contributed by atoms with E-state index >= 15 is 0 Å². The summed E-state index contributed by atoms with van der Waals surface area (Å²) in [6.07, 6.45) is 2.42. The Balaban J connectivity index is 1.64. The molecule has 8 nitrogen and oxygen atoms in total. The standard InChI is InChI=1S/C31H30N4O4S/c1-6-25-27(30(38)39-5)28(21-10-8-7-9-11-21)35-29(37)26(40-31(35)33-25)17-22-16-18(2)34(19(22)3)24-14-12-23(13-15-24)32-20(4)36/h7-17,28H,6H2,1-5H3,(H,32,36)/b26-17-/t28-/m1/s1. The largest absolute Gasteiger partial charge is 0.466 e. The number of nitrogens with one attached hydrogen (secondary N) is 1. The minimum Gasteiger partial charge on any atom is -0.466 e. The maximum absolute atomic E-state index is 13.9. The van der Waals surface area contributed by atoms with Gasteiger partial charge in [0.25, 0.3) is 5.56 Å². The van der Waals surface area contributed by atoms with E-state index in [-0.39, 0.29) is 11.5 Å². The normalized spacial score (nSPS) is 15.0. The fraction of sp³-hybridized carbons (Fsp3) is 0.226. The van der Waals surface area contributed by atoms with E-state index in [1.165, 1.54) is 25.4 Å². The van der Waals surface area contributed by atoms with Crippen LogP contribution in [0, 0.1) is 13.8 Å². The minimum absolute atomic E-state index is 0.121. The first-order valence-electron chi connectivity index (χ1n) is 13.0. The molecule has 9 heteroatoms. The van der Waals surface area contributed by atoms with Gasteiger partial charge in [-0.3, -0.25) is 14.2 Å². The summed E-state index contributed by atoms with van der Waals surface area (Å²) in [5, 5.41) is 2.79. The Kier molecular flexibility index (Phi) is 7.40. The zero-order valence-electron chi connectivity index (χ0n) is 23.0. The predicted octanol–water partition coefficient (Wildman–Crippen LogP) is 4.16. The summed E-state index contributed by atoms with van der Waals surface area (Å²) < 4.78 is 9.38. The quantitative estimate of drug-likeness (QED) is 0.362. The highest BCUT2D eigenvalue weighted by Crippen LogP contribution is 2.31. The molecular formula is C31H30N4O4S. The maximum atomic E-state index is 13.9. The summed E-state index contributed by atoms with van der Waals surface area (Å²) in [7, 11) is 1.35. The number of carbonyl (C=O) groups is 2. The molecule has 2 aromatic heterocycles. The van der Waals surface area contributed by atoms with Crippen LogP contribution in [0.15, 0.2) is 81.7 Å². The second kappa shape index (κ2) is 10.9. The van der Waals surface area contributed by atoms with E-state index in [2.05, 4.69) is 9.88 Å². The van der Waals surface area contributed by atoms with Crippen LogP contribution in [0.25, 0.3) is 11.8 Å². The number of allylic oxidation sites excluding steroid dienone is 1. The van der Waals surface area contributed by atoms with Crippen molar-refractivity contribution in [2.75, 3.05) is 12.4 Å². The molecule has 0 fully saturated rings. The number of ether oxygens (including phenoxy) is 1. The van der Waals surface area contributed by atoms with Crippen LogP contribution < -0.4 is 20.2 Å². The number of esters is 1. The molecule has 1 aliphatic heterocycles. The molecule has 0 saturated carbocycles. The van der Waals surface area contributed by atoms with Gasteiger partial charge in [-0.25, -0.2) is 9.79 Å². The van der Waals surface area contributed by atoms with Crippen molar-refractivity contribution in [1.29, 1.82) is 0 Å². The van der Waals surface area contributed by atoms with Gasteiger partial charge in [0.15, 0.2) is 4.80 Å². The third-order valence-corrected chi connectivity index (χ3v) is 7.95. The molecule has 0 unspecified atom stereocenters. The number of anilines is 1.